The fourth-order valence-electron chi connectivity index (χ4n) is 1.14. The van der Waals surface area contributed by atoms with Crippen LogP contribution < -0.4 is 5.32 Å². The van der Waals surface area contributed by atoms with Crippen LogP contribution in [0.1, 0.15) is 24.8 Å². The van der Waals surface area contributed by atoms with Gasteiger partial charge >= 0.3 is 5.97 Å². The number of carbonyl (C=O) groups is 1. The van der Waals surface area contributed by atoms with Gasteiger partial charge in [0.2, 0.25) is 0 Å². The van der Waals surface area contributed by atoms with Crippen LogP contribution in [0.5, 0.6) is 0 Å². The van der Waals surface area contributed by atoms with Crippen LogP contribution in [0.25, 0.3) is 0 Å². The lowest BCUT2D eigenvalue weighted by Gasteiger charge is -2.09. The van der Waals surface area contributed by atoms with Gasteiger partial charge in [-0.05, 0) is 13.3 Å². The third-order valence-corrected chi connectivity index (χ3v) is 1.91. The number of aliphatic carboxylic acids is 1. The van der Waals surface area contributed by atoms with Crippen LogP contribution in [-0.4, -0.2) is 22.3 Å². The summed E-state index contributed by atoms with van der Waals surface area (Å²) in [6.07, 6.45) is 0.548. The summed E-state index contributed by atoms with van der Waals surface area (Å²) in [4.78, 5) is 10.7. The van der Waals surface area contributed by atoms with E-state index in [0.717, 1.165) is 11.5 Å². The van der Waals surface area contributed by atoms with E-state index in [4.69, 9.17) is 9.63 Å². The SMILES string of the molecule is CCC(NCc1cc(C)on1)C(=O)O. The molecule has 1 unspecified atom stereocenters. The molecule has 0 aliphatic rings. The van der Waals surface area contributed by atoms with Crippen molar-refractivity contribution in [1.29, 1.82) is 0 Å². The average molecular weight is 198 g/mol. The smallest absolute Gasteiger partial charge is 0.320 e. The fourth-order valence-corrected chi connectivity index (χ4v) is 1.14. The van der Waals surface area contributed by atoms with E-state index in [1.54, 1.807) is 13.0 Å². The van der Waals surface area contributed by atoms with Crippen LogP contribution in [0.15, 0.2) is 10.6 Å². The molecule has 1 heterocycles. The maximum atomic E-state index is 10.7. The number of aromatic nitrogens is 1. The first-order chi connectivity index (χ1) is 6.63. The highest BCUT2D eigenvalue weighted by Crippen LogP contribution is 2.02. The van der Waals surface area contributed by atoms with E-state index < -0.39 is 12.0 Å². The maximum Gasteiger partial charge on any atom is 0.320 e. The summed E-state index contributed by atoms with van der Waals surface area (Å²) in [7, 11) is 0. The first-order valence-corrected chi connectivity index (χ1v) is 4.52. The molecular weight excluding hydrogens is 184 g/mol. The molecule has 1 rings (SSSR count). The van der Waals surface area contributed by atoms with Gasteiger partial charge in [0, 0.05) is 12.6 Å². The molecular formula is C9H14N2O3. The Morgan fingerprint density at radius 2 is 2.50 bits per heavy atom. The molecule has 1 aromatic rings. The molecule has 5 nitrogen and oxygen atoms in total. The van der Waals surface area contributed by atoms with Crippen molar-refractivity contribution in [2.75, 3.05) is 0 Å². The lowest BCUT2D eigenvalue weighted by Crippen LogP contribution is -2.35. The molecule has 0 aliphatic carbocycles. The van der Waals surface area contributed by atoms with Gasteiger partial charge in [0.15, 0.2) is 0 Å². The summed E-state index contributed by atoms with van der Waals surface area (Å²) >= 11 is 0. The molecule has 0 amide bonds. The lowest BCUT2D eigenvalue weighted by molar-refractivity contribution is -0.139. The van der Waals surface area contributed by atoms with Crippen molar-refractivity contribution in [3.63, 3.8) is 0 Å². The maximum absolute atomic E-state index is 10.7. The van der Waals surface area contributed by atoms with Crippen LogP contribution >= 0.6 is 0 Å². The van der Waals surface area contributed by atoms with E-state index in [1.807, 2.05) is 6.92 Å². The number of nitrogens with one attached hydrogen (secondary N) is 1. The molecule has 1 aromatic heterocycles. The summed E-state index contributed by atoms with van der Waals surface area (Å²) in [5.41, 5.74) is 0.724. The highest BCUT2D eigenvalue weighted by molar-refractivity contribution is 5.73. The van der Waals surface area contributed by atoms with Gasteiger partial charge in [-0.2, -0.15) is 0 Å². The van der Waals surface area contributed by atoms with Gasteiger partial charge in [0.1, 0.15) is 11.8 Å². The van der Waals surface area contributed by atoms with Crippen LogP contribution in [0.4, 0.5) is 0 Å². The minimum Gasteiger partial charge on any atom is -0.480 e. The second kappa shape index (κ2) is 4.76. The van der Waals surface area contributed by atoms with Crippen LogP contribution in [0.3, 0.4) is 0 Å². The Kier molecular flexibility index (Phi) is 3.64. The van der Waals surface area contributed by atoms with Crippen molar-refractivity contribution in [1.82, 2.24) is 10.5 Å². The van der Waals surface area contributed by atoms with Crippen molar-refractivity contribution in [2.45, 2.75) is 32.9 Å². The van der Waals surface area contributed by atoms with Crippen molar-refractivity contribution in [2.24, 2.45) is 0 Å². The van der Waals surface area contributed by atoms with Crippen LogP contribution in [0.2, 0.25) is 0 Å². The number of nitrogens with zero attached hydrogens (tertiary/aromatic N) is 1. The normalized spacial score (nSPS) is 12.7. The second-order valence-electron chi connectivity index (χ2n) is 3.11. The number of hydrogen-bond donors (Lipinski definition) is 2. The predicted octanol–water partition coefficient (Wildman–Crippen LogP) is 0.936. The number of carboxylic acid groups (broad SMARTS) is 1. The zero-order chi connectivity index (χ0) is 10.6. The predicted molar refractivity (Wildman–Crippen MR) is 49.8 cm³/mol. The first kappa shape index (κ1) is 10.7. The third-order valence-electron chi connectivity index (χ3n) is 1.91. The minimum absolute atomic E-state index is 0.419. The summed E-state index contributed by atoms with van der Waals surface area (Å²) in [6, 6.07) is 1.26. The molecule has 0 saturated heterocycles. The summed E-state index contributed by atoms with van der Waals surface area (Å²) in [5, 5.41) is 15.4. The Morgan fingerprint density at radius 1 is 1.79 bits per heavy atom. The molecule has 1 atom stereocenters. The summed E-state index contributed by atoms with van der Waals surface area (Å²) in [6.45, 7) is 4.03. The zero-order valence-corrected chi connectivity index (χ0v) is 8.28. The Hall–Kier alpha value is -1.36. The molecule has 0 bridgehead atoms. The van der Waals surface area contributed by atoms with Crippen molar-refractivity contribution in [3.8, 4) is 0 Å². The Balaban J connectivity index is 2.43. The van der Waals surface area contributed by atoms with Crippen molar-refractivity contribution in [3.05, 3.63) is 17.5 Å². The largest absolute Gasteiger partial charge is 0.480 e. The quantitative estimate of drug-likeness (QED) is 0.736. The molecule has 14 heavy (non-hydrogen) atoms. The van der Waals surface area contributed by atoms with E-state index in [-0.39, 0.29) is 0 Å². The van der Waals surface area contributed by atoms with Crippen molar-refractivity contribution >= 4 is 5.97 Å². The Labute approximate surface area is 82.1 Å². The monoisotopic (exact) mass is 198 g/mol. The van der Waals surface area contributed by atoms with Crippen LogP contribution in [-0.2, 0) is 11.3 Å². The highest BCUT2D eigenvalue weighted by atomic mass is 16.5. The molecule has 0 aromatic carbocycles. The van der Waals surface area contributed by atoms with Gasteiger partial charge in [-0.1, -0.05) is 12.1 Å². The van der Waals surface area contributed by atoms with E-state index in [2.05, 4.69) is 10.5 Å². The van der Waals surface area contributed by atoms with E-state index in [1.165, 1.54) is 0 Å². The standard InChI is InChI=1S/C9H14N2O3/c1-3-8(9(12)13)10-5-7-4-6(2)14-11-7/h4,8,10H,3,5H2,1-2H3,(H,12,13). The van der Waals surface area contributed by atoms with Gasteiger partial charge < -0.3 is 9.63 Å². The summed E-state index contributed by atoms with van der Waals surface area (Å²) in [5.74, 6) is -0.113. The topological polar surface area (TPSA) is 75.4 Å². The third kappa shape index (κ3) is 2.85. The first-order valence-electron chi connectivity index (χ1n) is 4.52. The number of carboxylic acids is 1. The molecule has 0 radical (unpaired) electrons. The molecule has 0 spiro atoms. The average Bonchev–Trinajstić information content (AvgIpc) is 2.52. The zero-order valence-electron chi connectivity index (χ0n) is 8.28. The number of hydrogen-bond acceptors (Lipinski definition) is 4. The van der Waals surface area contributed by atoms with Gasteiger partial charge in [-0.3, -0.25) is 10.1 Å². The molecule has 5 heteroatoms. The van der Waals surface area contributed by atoms with Crippen molar-refractivity contribution < 1.29 is 14.4 Å². The fraction of sp³-hybridized carbons (Fsp3) is 0.556. The molecule has 0 saturated carbocycles. The number of aryl methyl sites for hydroxylation is 1. The molecule has 2 N–H and O–H groups in total. The summed E-state index contributed by atoms with van der Waals surface area (Å²) < 4.78 is 4.85. The number of rotatable bonds is 5. The van der Waals surface area contributed by atoms with E-state index >= 15 is 0 Å². The van der Waals surface area contributed by atoms with Gasteiger partial charge in [-0.25, -0.2) is 0 Å². The molecule has 0 aliphatic heterocycles. The van der Waals surface area contributed by atoms with Crippen LogP contribution in [0, 0.1) is 6.92 Å². The minimum atomic E-state index is -0.840. The van der Waals surface area contributed by atoms with E-state index in [0.29, 0.717) is 13.0 Å². The lowest BCUT2D eigenvalue weighted by atomic mass is 10.2. The van der Waals surface area contributed by atoms with E-state index in [9.17, 15) is 4.79 Å². The molecule has 0 fully saturated rings. The second-order valence-corrected chi connectivity index (χ2v) is 3.11. The Morgan fingerprint density at radius 3 is 2.93 bits per heavy atom. The Bertz CT molecular complexity index is 309. The van der Waals surface area contributed by atoms with Gasteiger partial charge in [0.05, 0.1) is 5.69 Å². The van der Waals surface area contributed by atoms with Gasteiger partial charge in [0.25, 0.3) is 0 Å². The highest BCUT2D eigenvalue weighted by Gasteiger charge is 2.14. The molecule has 78 valence electrons. The van der Waals surface area contributed by atoms with Gasteiger partial charge in [-0.15, -0.1) is 0 Å².